The SMILES string of the molecule is CCOC(=O)C(O)C(O)c1ccc(C#N)c(OC)c1. The number of rotatable bonds is 5. The molecule has 0 aromatic heterocycles. The number of benzene rings is 1. The van der Waals surface area contributed by atoms with E-state index in [0.717, 1.165) is 0 Å². The fourth-order valence-electron chi connectivity index (χ4n) is 1.52. The van der Waals surface area contributed by atoms with Gasteiger partial charge in [-0.1, -0.05) is 6.07 Å². The maximum absolute atomic E-state index is 11.3. The van der Waals surface area contributed by atoms with Crippen molar-refractivity contribution in [1.29, 1.82) is 5.26 Å². The standard InChI is InChI=1S/C13H15NO5/c1-3-19-13(17)12(16)11(15)8-4-5-9(7-14)10(6-8)18-2/h4-6,11-12,15-16H,3H2,1-2H3. The van der Waals surface area contributed by atoms with E-state index in [-0.39, 0.29) is 17.9 Å². The van der Waals surface area contributed by atoms with Gasteiger partial charge in [0.25, 0.3) is 0 Å². The number of esters is 1. The molecule has 19 heavy (non-hydrogen) atoms. The molecule has 0 saturated heterocycles. The third-order valence-corrected chi connectivity index (χ3v) is 2.51. The van der Waals surface area contributed by atoms with Crippen molar-refractivity contribution in [3.8, 4) is 11.8 Å². The molecular weight excluding hydrogens is 250 g/mol. The third kappa shape index (κ3) is 3.44. The average molecular weight is 265 g/mol. The Morgan fingerprint density at radius 2 is 2.16 bits per heavy atom. The first-order valence-electron chi connectivity index (χ1n) is 5.66. The fraction of sp³-hybridized carbons (Fsp3) is 0.385. The molecule has 1 rings (SSSR count). The van der Waals surface area contributed by atoms with Crippen molar-refractivity contribution in [2.24, 2.45) is 0 Å². The molecule has 0 radical (unpaired) electrons. The summed E-state index contributed by atoms with van der Waals surface area (Å²) in [6, 6.07) is 6.20. The first kappa shape index (κ1) is 15.0. The van der Waals surface area contributed by atoms with Crippen molar-refractivity contribution in [2.45, 2.75) is 19.1 Å². The number of hydrogen-bond acceptors (Lipinski definition) is 6. The molecule has 1 aromatic rings. The van der Waals surface area contributed by atoms with Crippen LogP contribution >= 0.6 is 0 Å². The van der Waals surface area contributed by atoms with Crippen LogP contribution in [-0.4, -0.2) is 36.0 Å². The third-order valence-electron chi connectivity index (χ3n) is 2.51. The average Bonchev–Trinajstić information content (AvgIpc) is 2.45. The highest BCUT2D eigenvalue weighted by Gasteiger charge is 2.27. The van der Waals surface area contributed by atoms with Crippen LogP contribution < -0.4 is 4.74 Å². The van der Waals surface area contributed by atoms with E-state index in [0.29, 0.717) is 5.56 Å². The smallest absolute Gasteiger partial charge is 0.338 e. The van der Waals surface area contributed by atoms with Gasteiger partial charge in [-0.2, -0.15) is 5.26 Å². The summed E-state index contributed by atoms with van der Waals surface area (Å²) in [6.45, 7) is 1.71. The van der Waals surface area contributed by atoms with E-state index in [1.54, 1.807) is 6.92 Å². The zero-order valence-electron chi connectivity index (χ0n) is 10.7. The van der Waals surface area contributed by atoms with E-state index >= 15 is 0 Å². The van der Waals surface area contributed by atoms with Gasteiger partial charge >= 0.3 is 5.97 Å². The van der Waals surface area contributed by atoms with Crippen molar-refractivity contribution >= 4 is 5.97 Å². The molecule has 1 aromatic carbocycles. The molecule has 0 saturated carbocycles. The first-order chi connectivity index (χ1) is 9.04. The number of nitrogens with zero attached hydrogens (tertiary/aromatic N) is 1. The van der Waals surface area contributed by atoms with E-state index in [1.165, 1.54) is 25.3 Å². The van der Waals surface area contributed by atoms with Crippen LogP contribution in [0.5, 0.6) is 5.75 Å². The molecule has 2 N–H and O–H groups in total. The number of methoxy groups -OCH3 is 1. The Labute approximate surface area is 110 Å². The van der Waals surface area contributed by atoms with Crippen molar-refractivity contribution in [3.05, 3.63) is 29.3 Å². The predicted octanol–water partition coefficient (Wildman–Crippen LogP) is 0.524. The minimum atomic E-state index is -1.68. The largest absolute Gasteiger partial charge is 0.495 e. The van der Waals surface area contributed by atoms with Crippen LogP contribution in [-0.2, 0) is 9.53 Å². The van der Waals surface area contributed by atoms with E-state index < -0.39 is 18.2 Å². The van der Waals surface area contributed by atoms with Crippen LogP contribution in [0.25, 0.3) is 0 Å². The number of aliphatic hydroxyl groups excluding tert-OH is 2. The Morgan fingerprint density at radius 3 is 2.68 bits per heavy atom. The van der Waals surface area contributed by atoms with Crippen molar-refractivity contribution in [3.63, 3.8) is 0 Å². The highest BCUT2D eigenvalue weighted by atomic mass is 16.5. The second-order valence-electron chi connectivity index (χ2n) is 3.71. The van der Waals surface area contributed by atoms with Crippen LogP contribution in [0.1, 0.15) is 24.2 Å². The number of nitriles is 1. The molecule has 0 aliphatic carbocycles. The van der Waals surface area contributed by atoms with Crippen LogP contribution in [0.15, 0.2) is 18.2 Å². The number of aliphatic hydroxyl groups is 2. The maximum atomic E-state index is 11.3. The molecule has 0 aliphatic heterocycles. The predicted molar refractivity (Wildman–Crippen MR) is 65.3 cm³/mol. The summed E-state index contributed by atoms with van der Waals surface area (Å²) in [4.78, 5) is 11.3. The minimum Gasteiger partial charge on any atom is -0.495 e. The molecule has 2 unspecified atom stereocenters. The zero-order valence-corrected chi connectivity index (χ0v) is 10.7. The molecule has 2 atom stereocenters. The van der Waals surface area contributed by atoms with E-state index in [1.807, 2.05) is 6.07 Å². The lowest BCUT2D eigenvalue weighted by Gasteiger charge is -2.17. The number of carbonyl (C=O) groups excluding carboxylic acids is 1. The normalized spacial score (nSPS) is 13.2. The van der Waals surface area contributed by atoms with Gasteiger partial charge in [-0.25, -0.2) is 4.79 Å². The highest BCUT2D eigenvalue weighted by Crippen LogP contribution is 2.25. The quantitative estimate of drug-likeness (QED) is 0.753. The summed E-state index contributed by atoms with van der Waals surface area (Å²) in [5.41, 5.74) is 0.556. The molecule has 102 valence electrons. The van der Waals surface area contributed by atoms with Gasteiger partial charge < -0.3 is 19.7 Å². The number of hydrogen-bond donors (Lipinski definition) is 2. The van der Waals surface area contributed by atoms with Gasteiger partial charge in [0.15, 0.2) is 6.10 Å². The summed E-state index contributed by atoms with van der Waals surface area (Å²) in [5, 5.41) is 28.3. The monoisotopic (exact) mass is 265 g/mol. The van der Waals surface area contributed by atoms with Crippen molar-refractivity contribution in [2.75, 3.05) is 13.7 Å². The lowest BCUT2D eigenvalue weighted by molar-refractivity contribution is -0.159. The van der Waals surface area contributed by atoms with E-state index in [4.69, 9.17) is 10.00 Å². The van der Waals surface area contributed by atoms with Crippen LogP contribution in [0.3, 0.4) is 0 Å². The summed E-state index contributed by atoms with van der Waals surface area (Å²) < 4.78 is 9.60. The Morgan fingerprint density at radius 1 is 1.47 bits per heavy atom. The molecule has 0 fully saturated rings. The number of ether oxygens (including phenoxy) is 2. The van der Waals surface area contributed by atoms with Crippen LogP contribution in [0, 0.1) is 11.3 Å². The second-order valence-corrected chi connectivity index (χ2v) is 3.71. The van der Waals surface area contributed by atoms with Crippen LogP contribution in [0.4, 0.5) is 0 Å². The molecule has 6 nitrogen and oxygen atoms in total. The second kappa shape index (κ2) is 6.73. The Bertz CT molecular complexity index is 494. The van der Waals surface area contributed by atoms with E-state index in [2.05, 4.69) is 4.74 Å². The minimum absolute atomic E-state index is 0.110. The summed E-state index contributed by atoms with van der Waals surface area (Å²) in [7, 11) is 1.38. The summed E-state index contributed by atoms with van der Waals surface area (Å²) >= 11 is 0. The molecule has 0 aliphatic rings. The molecular formula is C13H15NO5. The lowest BCUT2D eigenvalue weighted by atomic mass is 10.0. The van der Waals surface area contributed by atoms with Gasteiger partial charge in [0, 0.05) is 0 Å². The van der Waals surface area contributed by atoms with Gasteiger partial charge in [0.1, 0.15) is 17.9 Å². The Kier molecular flexibility index (Phi) is 5.30. The Balaban J connectivity index is 2.97. The van der Waals surface area contributed by atoms with Gasteiger partial charge in [-0.15, -0.1) is 0 Å². The van der Waals surface area contributed by atoms with Gasteiger partial charge in [0.2, 0.25) is 0 Å². The maximum Gasteiger partial charge on any atom is 0.338 e. The molecule has 6 heteroatoms. The van der Waals surface area contributed by atoms with Crippen molar-refractivity contribution in [1.82, 2.24) is 0 Å². The van der Waals surface area contributed by atoms with E-state index in [9.17, 15) is 15.0 Å². The topological polar surface area (TPSA) is 99.8 Å². The zero-order chi connectivity index (χ0) is 14.4. The lowest BCUT2D eigenvalue weighted by Crippen LogP contribution is -2.29. The number of carbonyl (C=O) groups is 1. The summed E-state index contributed by atoms with van der Waals surface area (Å²) in [5.74, 6) is -0.645. The highest BCUT2D eigenvalue weighted by molar-refractivity contribution is 5.75. The van der Waals surface area contributed by atoms with Gasteiger partial charge in [0.05, 0.1) is 19.3 Å². The molecule has 0 spiro atoms. The molecule has 0 heterocycles. The molecule has 0 bridgehead atoms. The first-order valence-corrected chi connectivity index (χ1v) is 5.66. The molecule has 0 amide bonds. The van der Waals surface area contributed by atoms with Crippen LogP contribution in [0.2, 0.25) is 0 Å². The fourth-order valence-corrected chi connectivity index (χ4v) is 1.52. The van der Waals surface area contributed by atoms with Gasteiger partial charge in [-0.05, 0) is 24.6 Å². The summed E-state index contributed by atoms with van der Waals surface area (Å²) in [6.07, 6.45) is -3.13. The van der Waals surface area contributed by atoms with Crippen molar-refractivity contribution < 1.29 is 24.5 Å². The van der Waals surface area contributed by atoms with Gasteiger partial charge in [-0.3, -0.25) is 0 Å². The Hall–Kier alpha value is -2.10.